The average molecular weight is 270 g/mol. The van der Waals surface area contributed by atoms with Crippen LogP contribution < -0.4 is 0 Å². The van der Waals surface area contributed by atoms with Gasteiger partial charge in [0.2, 0.25) is 0 Å². The maximum Gasteiger partial charge on any atom is -0.0245 e. The second-order valence-electron chi connectivity index (χ2n) is 7.15. The van der Waals surface area contributed by atoms with E-state index in [1.807, 2.05) is 0 Å². The predicted octanol–water partition coefficient (Wildman–Crippen LogP) is 6.01. The van der Waals surface area contributed by atoms with Crippen LogP contribution in [0, 0.1) is 17.8 Å². The van der Waals surface area contributed by atoms with Crippen LogP contribution in [0.1, 0.15) is 69.8 Å². The molecule has 2 saturated carbocycles. The molecule has 0 radical (unpaired) electrons. The van der Waals surface area contributed by atoms with Crippen LogP contribution in [0.25, 0.3) is 0 Å². The molecule has 2 fully saturated rings. The maximum atomic E-state index is 2.35. The molecule has 2 aliphatic rings. The van der Waals surface area contributed by atoms with Gasteiger partial charge in [0.25, 0.3) is 0 Å². The van der Waals surface area contributed by atoms with Crippen LogP contribution in [0.2, 0.25) is 0 Å². The molecule has 0 unspecified atom stereocenters. The van der Waals surface area contributed by atoms with Crippen LogP contribution in [-0.4, -0.2) is 0 Å². The standard InChI is InChI=1S/C20H30/c1-4-10-17(11-5-1)16-20(18-12-6-2-7-13-18)19-14-8-3-9-15-19/h1,4-5,10-11,18-20H,2-3,6-9,12-16H2. The lowest BCUT2D eigenvalue weighted by Gasteiger charge is -2.38. The second-order valence-corrected chi connectivity index (χ2v) is 7.15. The third-order valence-corrected chi connectivity index (χ3v) is 5.82. The SMILES string of the molecule is c1ccc(CC(C2CCCCC2)C2CCCCC2)cc1. The van der Waals surface area contributed by atoms with Crippen molar-refractivity contribution in [2.45, 2.75) is 70.6 Å². The molecule has 0 heterocycles. The van der Waals surface area contributed by atoms with E-state index >= 15 is 0 Å². The highest BCUT2D eigenvalue weighted by Gasteiger charge is 2.31. The highest BCUT2D eigenvalue weighted by Crippen LogP contribution is 2.41. The van der Waals surface area contributed by atoms with Crippen LogP contribution in [0.4, 0.5) is 0 Å². The molecule has 0 bridgehead atoms. The summed E-state index contributed by atoms with van der Waals surface area (Å²) in [7, 11) is 0. The Balaban J connectivity index is 1.71. The van der Waals surface area contributed by atoms with Gasteiger partial charge in [0, 0.05) is 0 Å². The van der Waals surface area contributed by atoms with Gasteiger partial charge in [-0.05, 0) is 29.7 Å². The van der Waals surface area contributed by atoms with E-state index in [1.165, 1.54) is 70.6 Å². The summed E-state index contributed by atoms with van der Waals surface area (Å²) >= 11 is 0. The van der Waals surface area contributed by atoms with Gasteiger partial charge in [0.05, 0.1) is 0 Å². The van der Waals surface area contributed by atoms with Crippen molar-refractivity contribution < 1.29 is 0 Å². The minimum absolute atomic E-state index is 0.970. The molecule has 0 heteroatoms. The first-order valence-electron chi connectivity index (χ1n) is 8.97. The first-order valence-corrected chi connectivity index (χ1v) is 8.97. The zero-order chi connectivity index (χ0) is 13.6. The Kier molecular flexibility index (Phi) is 5.17. The number of rotatable bonds is 4. The lowest BCUT2D eigenvalue weighted by atomic mass is 9.67. The Labute approximate surface area is 125 Å². The second kappa shape index (κ2) is 7.29. The molecule has 3 rings (SSSR count). The molecule has 0 aromatic heterocycles. The number of hydrogen-bond donors (Lipinski definition) is 0. The summed E-state index contributed by atoms with van der Waals surface area (Å²) in [6, 6.07) is 11.3. The molecular weight excluding hydrogens is 240 g/mol. The van der Waals surface area contributed by atoms with E-state index in [2.05, 4.69) is 30.3 Å². The van der Waals surface area contributed by atoms with Crippen LogP contribution in [-0.2, 0) is 6.42 Å². The summed E-state index contributed by atoms with van der Waals surface area (Å²) in [5, 5.41) is 0. The predicted molar refractivity (Wildman–Crippen MR) is 86.8 cm³/mol. The molecule has 0 spiro atoms. The smallest absolute Gasteiger partial charge is 0.0245 e. The van der Waals surface area contributed by atoms with Crippen molar-refractivity contribution >= 4 is 0 Å². The first-order chi connectivity index (χ1) is 9.93. The Morgan fingerprint density at radius 2 is 1.20 bits per heavy atom. The molecule has 20 heavy (non-hydrogen) atoms. The van der Waals surface area contributed by atoms with Gasteiger partial charge in [-0.1, -0.05) is 94.5 Å². The third kappa shape index (κ3) is 3.65. The van der Waals surface area contributed by atoms with Gasteiger partial charge in [0.15, 0.2) is 0 Å². The minimum Gasteiger partial charge on any atom is -0.0622 e. The van der Waals surface area contributed by atoms with Crippen molar-refractivity contribution in [1.82, 2.24) is 0 Å². The van der Waals surface area contributed by atoms with E-state index in [-0.39, 0.29) is 0 Å². The van der Waals surface area contributed by atoms with Gasteiger partial charge >= 0.3 is 0 Å². The van der Waals surface area contributed by atoms with E-state index in [0.717, 1.165) is 17.8 Å². The fourth-order valence-electron chi connectivity index (χ4n) is 4.73. The molecule has 0 N–H and O–H groups in total. The summed E-state index contributed by atoms with van der Waals surface area (Å²) in [6.45, 7) is 0. The van der Waals surface area contributed by atoms with Crippen molar-refractivity contribution in [3.8, 4) is 0 Å². The number of hydrogen-bond acceptors (Lipinski definition) is 0. The molecule has 1 aromatic rings. The summed E-state index contributed by atoms with van der Waals surface area (Å²) in [5.41, 5.74) is 1.58. The van der Waals surface area contributed by atoms with Crippen LogP contribution >= 0.6 is 0 Å². The Morgan fingerprint density at radius 3 is 1.70 bits per heavy atom. The quantitative estimate of drug-likeness (QED) is 0.629. The third-order valence-electron chi connectivity index (χ3n) is 5.82. The molecular formula is C20H30. The van der Waals surface area contributed by atoms with Gasteiger partial charge < -0.3 is 0 Å². The van der Waals surface area contributed by atoms with Crippen LogP contribution in [0.5, 0.6) is 0 Å². The lowest BCUT2D eigenvalue weighted by molar-refractivity contribution is 0.143. The molecule has 0 amide bonds. The maximum absolute atomic E-state index is 2.35. The van der Waals surface area contributed by atoms with E-state index in [9.17, 15) is 0 Å². The monoisotopic (exact) mass is 270 g/mol. The average Bonchev–Trinajstić information content (AvgIpc) is 2.55. The highest BCUT2D eigenvalue weighted by molar-refractivity contribution is 5.15. The van der Waals surface area contributed by atoms with Crippen molar-refractivity contribution in [1.29, 1.82) is 0 Å². The fraction of sp³-hybridized carbons (Fsp3) is 0.700. The van der Waals surface area contributed by atoms with Gasteiger partial charge in [0.1, 0.15) is 0 Å². The van der Waals surface area contributed by atoms with Gasteiger partial charge in [-0.2, -0.15) is 0 Å². The summed E-state index contributed by atoms with van der Waals surface area (Å²) in [6.07, 6.45) is 16.3. The van der Waals surface area contributed by atoms with E-state index < -0.39 is 0 Å². The van der Waals surface area contributed by atoms with E-state index in [4.69, 9.17) is 0 Å². The van der Waals surface area contributed by atoms with Crippen molar-refractivity contribution in [2.75, 3.05) is 0 Å². The largest absolute Gasteiger partial charge is 0.0622 e. The van der Waals surface area contributed by atoms with Gasteiger partial charge in [-0.3, -0.25) is 0 Å². The van der Waals surface area contributed by atoms with E-state index in [1.54, 1.807) is 5.56 Å². The summed E-state index contributed by atoms with van der Waals surface area (Å²) < 4.78 is 0. The van der Waals surface area contributed by atoms with Crippen LogP contribution in [0.15, 0.2) is 30.3 Å². The Morgan fingerprint density at radius 1 is 0.700 bits per heavy atom. The van der Waals surface area contributed by atoms with E-state index in [0.29, 0.717) is 0 Å². The molecule has 1 aromatic carbocycles. The zero-order valence-electron chi connectivity index (χ0n) is 12.9. The lowest BCUT2D eigenvalue weighted by Crippen LogP contribution is -2.29. The van der Waals surface area contributed by atoms with Gasteiger partial charge in [-0.25, -0.2) is 0 Å². The fourth-order valence-corrected chi connectivity index (χ4v) is 4.73. The normalized spacial score (nSPS) is 22.2. The van der Waals surface area contributed by atoms with Gasteiger partial charge in [-0.15, -0.1) is 0 Å². The molecule has 110 valence electrons. The summed E-state index contributed by atoms with van der Waals surface area (Å²) in [5.74, 6) is 3.01. The minimum atomic E-state index is 0.970. The van der Waals surface area contributed by atoms with Crippen molar-refractivity contribution in [3.63, 3.8) is 0 Å². The topological polar surface area (TPSA) is 0 Å². The molecule has 0 nitrogen and oxygen atoms in total. The molecule has 0 saturated heterocycles. The number of benzene rings is 1. The Hall–Kier alpha value is -0.780. The van der Waals surface area contributed by atoms with Crippen LogP contribution in [0.3, 0.4) is 0 Å². The molecule has 0 aliphatic heterocycles. The zero-order valence-corrected chi connectivity index (χ0v) is 12.9. The van der Waals surface area contributed by atoms with Crippen molar-refractivity contribution in [3.05, 3.63) is 35.9 Å². The Bertz CT molecular complexity index is 350. The first kappa shape index (κ1) is 14.2. The molecule has 2 aliphatic carbocycles. The summed E-state index contributed by atoms with van der Waals surface area (Å²) in [4.78, 5) is 0. The molecule has 0 atom stereocenters. The highest BCUT2D eigenvalue weighted by atomic mass is 14.4. The van der Waals surface area contributed by atoms with Crippen molar-refractivity contribution in [2.24, 2.45) is 17.8 Å².